The van der Waals surface area contributed by atoms with Crippen LogP contribution in [0, 0.1) is 11.2 Å². The van der Waals surface area contributed by atoms with E-state index in [1.807, 2.05) is 6.07 Å². The fourth-order valence-corrected chi connectivity index (χ4v) is 4.99. The van der Waals surface area contributed by atoms with Crippen LogP contribution in [0.5, 0.6) is 0 Å². The summed E-state index contributed by atoms with van der Waals surface area (Å²) >= 11 is -1.45. The van der Waals surface area contributed by atoms with Crippen molar-refractivity contribution in [1.82, 2.24) is 18.9 Å². The molecule has 1 heterocycles. The third-order valence-corrected chi connectivity index (χ3v) is 7.94. The number of hydrogen-bond donors (Lipinski definition) is 3. The molecule has 1 aromatic carbocycles. The van der Waals surface area contributed by atoms with E-state index < -0.39 is 38.6 Å². The number of carbonyl (C=O) groups is 1. The van der Waals surface area contributed by atoms with E-state index in [2.05, 4.69) is 15.6 Å². The van der Waals surface area contributed by atoms with Crippen molar-refractivity contribution in [2.45, 2.75) is 18.9 Å². The molecule has 184 valence electrons. The van der Waals surface area contributed by atoms with Gasteiger partial charge < -0.3 is 15.2 Å². The summed E-state index contributed by atoms with van der Waals surface area (Å²) in [6.07, 6.45) is 3.93. The maximum atomic E-state index is 13.1. The van der Waals surface area contributed by atoms with Crippen molar-refractivity contribution < 1.29 is 22.2 Å². The molecule has 2 atom stereocenters. The van der Waals surface area contributed by atoms with Gasteiger partial charge in [-0.3, -0.25) is 10.2 Å². The predicted molar refractivity (Wildman–Crippen MR) is 129 cm³/mol. The molecule has 10 nitrogen and oxygen atoms in total. The van der Waals surface area contributed by atoms with E-state index in [-0.39, 0.29) is 24.7 Å². The van der Waals surface area contributed by atoms with Gasteiger partial charge in [-0.15, -0.1) is 0 Å². The summed E-state index contributed by atoms with van der Waals surface area (Å²) in [7, 11) is -2.03. The highest BCUT2D eigenvalue weighted by atomic mass is 32.2. The Bertz CT molecular complexity index is 1190. The molecular weight excluding hydrogens is 483 g/mol. The number of hydrogen-bond acceptors (Lipinski definition) is 6. The third kappa shape index (κ3) is 5.49. The van der Waals surface area contributed by atoms with Crippen LogP contribution < -0.4 is 10.6 Å². The molecule has 0 fully saturated rings. The predicted octanol–water partition coefficient (Wildman–Crippen LogP) is 1.26. The zero-order chi connectivity index (χ0) is 25.3. The minimum absolute atomic E-state index is 0.0385. The van der Waals surface area contributed by atoms with E-state index in [0.717, 1.165) is 24.1 Å². The number of aromatic nitrogens is 1. The molecule has 3 N–H and O–H groups in total. The second-order valence-electron chi connectivity index (χ2n) is 8.03. The zero-order valence-electron chi connectivity index (χ0n) is 19.3. The van der Waals surface area contributed by atoms with Crippen molar-refractivity contribution in [2.75, 3.05) is 38.0 Å². The maximum Gasteiger partial charge on any atom is 0.274 e. The third-order valence-electron chi connectivity index (χ3n) is 5.66. The summed E-state index contributed by atoms with van der Waals surface area (Å²) in [5.41, 5.74) is 1.13. The normalized spacial score (nSPS) is 18.0. The summed E-state index contributed by atoms with van der Waals surface area (Å²) in [6, 6.07) is 7.63. The topological polar surface area (TPSA) is 142 Å². The van der Waals surface area contributed by atoms with Crippen LogP contribution in [-0.4, -0.2) is 71.1 Å². The number of nitrogens with one attached hydrogen (secondary N) is 3. The molecule has 0 aliphatic heterocycles. The zero-order valence-corrected chi connectivity index (χ0v) is 20.9. The van der Waals surface area contributed by atoms with E-state index in [0.29, 0.717) is 17.7 Å². The van der Waals surface area contributed by atoms with Crippen LogP contribution in [0.2, 0.25) is 0 Å². The van der Waals surface area contributed by atoms with Crippen molar-refractivity contribution in [3.05, 3.63) is 59.2 Å². The summed E-state index contributed by atoms with van der Waals surface area (Å²) in [6.45, 7) is 1.99. The molecule has 1 aliphatic rings. The highest BCUT2D eigenvalue weighted by molar-refractivity contribution is 7.89. The van der Waals surface area contributed by atoms with Crippen molar-refractivity contribution in [3.8, 4) is 0 Å². The van der Waals surface area contributed by atoms with Crippen LogP contribution in [0.4, 0.5) is 10.1 Å². The van der Waals surface area contributed by atoms with Crippen LogP contribution in [0.3, 0.4) is 0 Å². The van der Waals surface area contributed by atoms with Crippen molar-refractivity contribution in [2.24, 2.45) is 0 Å². The first-order valence-corrected chi connectivity index (χ1v) is 13.7. The Morgan fingerprint density at radius 3 is 2.62 bits per heavy atom. The standard InChI is InChI=1S/C21H27FN6O4S2/c1-5-28(34(4,31)32)13-21(26-20(23)27(2)33(3)30)11-14-6-8-16(10-17(14)21)25-19(29)18-9-7-15(22)12-24-18/h6-10,12H,5,11,13H2,1-4H3,(H2,23,26)(H,25,29)/t21-,33?/m0/s1. The summed E-state index contributed by atoms with van der Waals surface area (Å²) in [5, 5.41) is 14.1. The second-order valence-corrected chi connectivity index (χ2v) is 11.4. The molecule has 13 heteroatoms. The van der Waals surface area contributed by atoms with Crippen LogP contribution in [-0.2, 0) is 33.3 Å². The maximum absolute atomic E-state index is 13.1. The van der Waals surface area contributed by atoms with Crippen LogP contribution in [0.25, 0.3) is 0 Å². The Balaban J connectivity index is 1.93. The molecular formula is C21H27FN6O4S2. The van der Waals surface area contributed by atoms with E-state index in [9.17, 15) is 22.2 Å². The van der Waals surface area contributed by atoms with E-state index in [1.54, 1.807) is 19.1 Å². The quantitative estimate of drug-likeness (QED) is 0.276. The number of carbonyl (C=O) groups excluding carboxylic acids is 1. The molecule has 0 bridgehead atoms. The van der Waals surface area contributed by atoms with Crippen molar-refractivity contribution in [1.29, 1.82) is 5.41 Å². The van der Waals surface area contributed by atoms with Gasteiger partial charge in [-0.1, -0.05) is 13.0 Å². The van der Waals surface area contributed by atoms with Gasteiger partial charge in [-0.2, -0.15) is 8.61 Å². The van der Waals surface area contributed by atoms with Gasteiger partial charge in [0.25, 0.3) is 5.91 Å². The van der Waals surface area contributed by atoms with Crippen LogP contribution in [0.1, 0.15) is 28.5 Å². The van der Waals surface area contributed by atoms with E-state index in [4.69, 9.17) is 5.41 Å². The highest BCUT2D eigenvalue weighted by Crippen LogP contribution is 2.42. The molecule has 0 saturated heterocycles. The smallest absolute Gasteiger partial charge is 0.274 e. The number of benzene rings is 1. The van der Waals surface area contributed by atoms with Gasteiger partial charge in [0.15, 0.2) is 0 Å². The number of anilines is 1. The summed E-state index contributed by atoms with van der Waals surface area (Å²) < 4.78 is 52.1. The number of rotatable bonds is 8. The number of sulfonamides is 1. The van der Waals surface area contributed by atoms with Gasteiger partial charge in [0.2, 0.25) is 16.0 Å². The SMILES string of the molecule is CCN(C[C@@]1(NC(=N)N(C)[S+](C)[O-])Cc2ccc(NC(=O)c3ccc(F)cn3)cc21)S(C)(=O)=O. The molecule has 0 spiro atoms. The molecule has 34 heavy (non-hydrogen) atoms. The molecule has 1 aliphatic carbocycles. The average Bonchev–Trinajstić information content (AvgIpc) is 2.76. The largest absolute Gasteiger partial charge is 0.593 e. The Morgan fingerprint density at radius 1 is 1.35 bits per heavy atom. The lowest BCUT2D eigenvalue weighted by molar-refractivity contribution is 0.102. The summed E-state index contributed by atoms with van der Waals surface area (Å²) in [5.74, 6) is -1.21. The second kappa shape index (κ2) is 9.86. The first kappa shape index (κ1) is 25.9. The number of fused-ring (bicyclic) bond motifs is 1. The number of amides is 1. The molecule has 0 radical (unpaired) electrons. The molecule has 2 aromatic rings. The highest BCUT2D eigenvalue weighted by Gasteiger charge is 2.46. The average molecular weight is 511 g/mol. The lowest BCUT2D eigenvalue weighted by Crippen LogP contribution is -2.62. The number of likely N-dealkylation sites (N-methyl/N-ethyl adjacent to an activating group) is 1. The number of pyridine rings is 1. The van der Waals surface area contributed by atoms with Crippen LogP contribution >= 0.6 is 0 Å². The number of halogens is 1. The van der Waals surface area contributed by atoms with Crippen molar-refractivity contribution in [3.63, 3.8) is 0 Å². The van der Waals surface area contributed by atoms with Gasteiger partial charge in [0.05, 0.1) is 36.4 Å². The Morgan fingerprint density at radius 2 is 2.06 bits per heavy atom. The number of guanidine groups is 1. The first-order valence-electron chi connectivity index (χ1n) is 10.3. The van der Waals surface area contributed by atoms with E-state index in [1.165, 1.54) is 28.0 Å². The minimum Gasteiger partial charge on any atom is -0.593 e. The lowest BCUT2D eigenvalue weighted by atomic mass is 9.70. The minimum atomic E-state index is -3.53. The van der Waals surface area contributed by atoms with Gasteiger partial charge in [-0.05, 0) is 35.4 Å². The van der Waals surface area contributed by atoms with Gasteiger partial charge >= 0.3 is 0 Å². The number of nitrogens with zero attached hydrogens (tertiary/aromatic N) is 3. The Labute approximate surface area is 201 Å². The molecule has 1 amide bonds. The van der Waals surface area contributed by atoms with Gasteiger partial charge in [0, 0.05) is 25.2 Å². The molecule has 3 rings (SSSR count). The van der Waals surface area contributed by atoms with Crippen LogP contribution in [0.15, 0.2) is 36.5 Å². The Hall–Kier alpha value is -2.74. The fraction of sp³-hybridized carbons (Fsp3) is 0.381. The summed E-state index contributed by atoms with van der Waals surface area (Å²) in [4.78, 5) is 16.3. The fourth-order valence-electron chi connectivity index (χ4n) is 3.76. The van der Waals surface area contributed by atoms with E-state index >= 15 is 0 Å². The monoisotopic (exact) mass is 510 g/mol. The molecule has 0 saturated carbocycles. The van der Waals surface area contributed by atoms with Gasteiger partial charge in [0.1, 0.15) is 17.8 Å². The Kier molecular flexibility index (Phi) is 7.50. The van der Waals surface area contributed by atoms with Crippen molar-refractivity contribution >= 4 is 38.9 Å². The molecule has 1 unspecified atom stereocenters. The first-order chi connectivity index (χ1) is 15.9. The van der Waals surface area contributed by atoms with Gasteiger partial charge in [-0.25, -0.2) is 17.8 Å². The molecule has 1 aromatic heterocycles. The lowest BCUT2D eigenvalue weighted by Gasteiger charge is -2.47.